The Morgan fingerprint density at radius 2 is 2.00 bits per heavy atom. The van der Waals surface area contributed by atoms with E-state index in [2.05, 4.69) is 22.2 Å². The Kier molecular flexibility index (Phi) is 6.01. The third-order valence-electron chi connectivity index (χ3n) is 2.09. The predicted molar refractivity (Wildman–Crippen MR) is 70.6 cm³/mol. The predicted octanol–water partition coefficient (Wildman–Crippen LogP) is 1.78. The minimum absolute atomic E-state index is 0.137. The fourth-order valence-electron chi connectivity index (χ4n) is 1.29. The summed E-state index contributed by atoms with van der Waals surface area (Å²) in [5, 5.41) is 3.20. The number of hydrogen-bond donors (Lipinski definition) is 1. The van der Waals surface area contributed by atoms with Gasteiger partial charge in [0, 0.05) is 12.7 Å². The lowest BCUT2D eigenvalue weighted by Gasteiger charge is -2.19. The number of nitrogens with one attached hydrogen (secondary N) is 1. The first-order valence-corrected chi connectivity index (χ1v) is 6.29. The highest BCUT2D eigenvalue weighted by Gasteiger charge is 2.09. The smallest absolute Gasteiger partial charge is 0.232 e. The Morgan fingerprint density at radius 3 is 2.67 bits per heavy atom. The highest BCUT2D eigenvalue weighted by atomic mass is 16.5. The van der Waals surface area contributed by atoms with Gasteiger partial charge in [-0.25, -0.2) is 4.98 Å². The van der Waals surface area contributed by atoms with Crippen LogP contribution in [0.4, 0.5) is 0 Å². The van der Waals surface area contributed by atoms with Gasteiger partial charge in [-0.1, -0.05) is 6.92 Å². The van der Waals surface area contributed by atoms with Crippen molar-refractivity contribution in [1.82, 2.24) is 15.3 Å². The van der Waals surface area contributed by atoms with Crippen molar-refractivity contribution >= 4 is 0 Å². The first kappa shape index (κ1) is 14.9. The quantitative estimate of drug-likeness (QED) is 0.751. The monoisotopic (exact) mass is 253 g/mol. The number of nitrogens with zero attached hydrogens (tertiary/aromatic N) is 2. The summed E-state index contributed by atoms with van der Waals surface area (Å²) in [4.78, 5) is 8.44. The number of ether oxygens (including phenoxy) is 2. The maximum Gasteiger partial charge on any atom is 0.232 e. The first-order valence-electron chi connectivity index (χ1n) is 6.29. The molecule has 0 bridgehead atoms. The summed E-state index contributed by atoms with van der Waals surface area (Å²) in [6.07, 6.45) is 3.35. The standard InChI is InChI=1S/C13H23N3O2/c1-5-14-8-11-9-15-10-12(16-11)17-6-7-18-13(2,3)4/h9-10,14H,5-8H2,1-4H3. The van der Waals surface area contributed by atoms with Crippen LogP contribution in [-0.2, 0) is 11.3 Å². The van der Waals surface area contributed by atoms with Gasteiger partial charge in [0.2, 0.25) is 5.88 Å². The maximum absolute atomic E-state index is 5.56. The van der Waals surface area contributed by atoms with Gasteiger partial charge in [-0.05, 0) is 27.3 Å². The van der Waals surface area contributed by atoms with Crippen LogP contribution in [0.15, 0.2) is 12.4 Å². The normalized spacial score (nSPS) is 11.6. The third kappa shape index (κ3) is 6.51. The Labute approximate surface area is 109 Å². The molecule has 1 N–H and O–H groups in total. The van der Waals surface area contributed by atoms with Crippen molar-refractivity contribution in [2.24, 2.45) is 0 Å². The van der Waals surface area contributed by atoms with Gasteiger partial charge < -0.3 is 14.8 Å². The molecule has 0 aliphatic carbocycles. The van der Waals surface area contributed by atoms with Crippen molar-refractivity contribution in [3.05, 3.63) is 18.1 Å². The maximum atomic E-state index is 5.56. The van der Waals surface area contributed by atoms with E-state index >= 15 is 0 Å². The van der Waals surface area contributed by atoms with Gasteiger partial charge in [-0.2, -0.15) is 0 Å². The molecule has 5 heteroatoms. The molecule has 5 nitrogen and oxygen atoms in total. The van der Waals surface area contributed by atoms with Crippen LogP contribution in [0.1, 0.15) is 33.4 Å². The zero-order chi connectivity index (χ0) is 13.4. The summed E-state index contributed by atoms with van der Waals surface area (Å²) in [7, 11) is 0. The van der Waals surface area contributed by atoms with Crippen LogP contribution < -0.4 is 10.1 Å². The largest absolute Gasteiger partial charge is 0.474 e. The Morgan fingerprint density at radius 1 is 1.22 bits per heavy atom. The van der Waals surface area contributed by atoms with Crippen molar-refractivity contribution in [2.45, 2.75) is 39.8 Å². The fourth-order valence-corrected chi connectivity index (χ4v) is 1.29. The molecular formula is C13H23N3O2. The van der Waals surface area contributed by atoms with Gasteiger partial charge in [0.15, 0.2) is 0 Å². The SMILES string of the molecule is CCNCc1cncc(OCCOC(C)(C)C)n1. The highest BCUT2D eigenvalue weighted by molar-refractivity contribution is 5.08. The number of aromatic nitrogens is 2. The highest BCUT2D eigenvalue weighted by Crippen LogP contribution is 2.08. The molecule has 0 unspecified atom stereocenters. The molecule has 102 valence electrons. The summed E-state index contributed by atoms with van der Waals surface area (Å²) < 4.78 is 11.1. The van der Waals surface area contributed by atoms with Crippen molar-refractivity contribution in [2.75, 3.05) is 19.8 Å². The van der Waals surface area contributed by atoms with Gasteiger partial charge in [-0.3, -0.25) is 4.98 Å². The lowest BCUT2D eigenvalue weighted by atomic mass is 10.2. The molecule has 0 aromatic carbocycles. The molecule has 0 atom stereocenters. The summed E-state index contributed by atoms with van der Waals surface area (Å²) in [6.45, 7) is 10.7. The molecule has 0 radical (unpaired) electrons. The molecule has 0 fully saturated rings. The average molecular weight is 253 g/mol. The molecule has 0 spiro atoms. The van der Waals surface area contributed by atoms with E-state index in [0.717, 1.165) is 12.2 Å². The lowest BCUT2D eigenvalue weighted by molar-refractivity contribution is -0.0168. The van der Waals surface area contributed by atoms with E-state index in [-0.39, 0.29) is 5.60 Å². The van der Waals surface area contributed by atoms with Crippen LogP contribution in [0.3, 0.4) is 0 Å². The molecule has 1 heterocycles. The van der Waals surface area contributed by atoms with E-state index < -0.39 is 0 Å². The van der Waals surface area contributed by atoms with Gasteiger partial charge >= 0.3 is 0 Å². The van der Waals surface area contributed by atoms with Gasteiger partial charge in [-0.15, -0.1) is 0 Å². The average Bonchev–Trinajstić information content (AvgIpc) is 2.31. The second-order valence-corrected chi connectivity index (χ2v) is 4.94. The molecule has 1 aromatic heterocycles. The van der Waals surface area contributed by atoms with Gasteiger partial charge in [0.25, 0.3) is 0 Å². The fraction of sp³-hybridized carbons (Fsp3) is 0.692. The van der Waals surface area contributed by atoms with E-state index in [0.29, 0.717) is 25.6 Å². The van der Waals surface area contributed by atoms with E-state index in [1.807, 2.05) is 20.8 Å². The second kappa shape index (κ2) is 7.28. The zero-order valence-electron chi connectivity index (χ0n) is 11.7. The van der Waals surface area contributed by atoms with Crippen LogP contribution in [0.2, 0.25) is 0 Å². The zero-order valence-corrected chi connectivity index (χ0v) is 11.7. The Balaban J connectivity index is 2.33. The van der Waals surface area contributed by atoms with Gasteiger partial charge in [0.1, 0.15) is 6.61 Å². The number of hydrogen-bond acceptors (Lipinski definition) is 5. The summed E-state index contributed by atoms with van der Waals surface area (Å²) >= 11 is 0. The van der Waals surface area contributed by atoms with E-state index in [4.69, 9.17) is 9.47 Å². The molecule has 0 saturated carbocycles. The molecule has 1 aromatic rings. The summed E-state index contributed by atoms with van der Waals surface area (Å²) in [6, 6.07) is 0. The lowest BCUT2D eigenvalue weighted by Crippen LogP contribution is -2.22. The molecule has 0 amide bonds. The first-order chi connectivity index (χ1) is 8.51. The van der Waals surface area contributed by atoms with Crippen molar-refractivity contribution in [3.8, 4) is 5.88 Å². The van der Waals surface area contributed by atoms with E-state index in [9.17, 15) is 0 Å². The second-order valence-electron chi connectivity index (χ2n) is 4.94. The van der Waals surface area contributed by atoms with Crippen molar-refractivity contribution in [3.63, 3.8) is 0 Å². The summed E-state index contributed by atoms with van der Waals surface area (Å²) in [5.74, 6) is 0.544. The molecule has 0 aliphatic heterocycles. The molecule has 1 rings (SSSR count). The van der Waals surface area contributed by atoms with Crippen LogP contribution in [0, 0.1) is 0 Å². The van der Waals surface area contributed by atoms with Crippen LogP contribution in [-0.4, -0.2) is 35.3 Å². The minimum atomic E-state index is -0.137. The molecule has 0 saturated heterocycles. The van der Waals surface area contributed by atoms with Crippen LogP contribution in [0.5, 0.6) is 5.88 Å². The van der Waals surface area contributed by atoms with Crippen molar-refractivity contribution < 1.29 is 9.47 Å². The van der Waals surface area contributed by atoms with Gasteiger partial charge in [0.05, 0.1) is 24.1 Å². The van der Waals surface area contributed by atoms with E-state index in [1.165, 1.54) is 0 Å². The topological polar surface area (TPSA) is 56.3 Å². The molecule has 18 heavy (non-hydrogen) atoms. The summed E-state index contributed by atoms with van der Waals surface area (Å²) in [5.41, 5.74) is 0.744. The third-order valence-corrected chi connectivity index (χ3v) is 2.09. The number of rotatable bonds is 7. The van der Waals surface area contributed by atoms with Crippen LogP contribution >= 0.6 is 0 Å². The Hall–Kier alpha value is -1.20. The van der Waals surface area contributed by atoms with Crippen LogP contribution in [0.25, 0.3) is 0 Å². The van der Waals surface area contributed by atoms with E-state index in [1.54, 1.807) is 12.4 Å². The van der Waals surface area contributed by atoms with Crippen molar-refractivity contribution in [1.29, 1.82) is 0 Å². The minimum Gasteiger partial charge on any atom is -0.474 e. The molecular weight excluding hydrogens is 230 g/mol. The molecule has 0 aliphatic rings. The Bertz CT molecular complexity index is 350.